The van der Waals surface area contributed by atoms with Gasteiger partial charge in [0.2, 0.25) is 0 Å². The fraction of sp³-hybridized carbons (Fsp3) is 0.250. The van der Waals surface area contributed by atoms with Crippen molar-refractivity contribution >= 4 is 0 Å². The summed E-state index contributed by atoms with van der Waals surface area (Å²) in [6.45, 7) is 3.87. The Hall–Kier alpha value is -1.87. The summed E-state index contributed by atoms with van der Waals surface area (Å²) in [6.07, 6.45) is 0. The smallest absolute Gasteiger partial charge is 0.124 e. The van der Waals surface area contributed by atoms with Gasteiger partial charge in [-0.25, -0.2) is 4.39 Å². The molecule has 0 aromatic heterocycles. The maximum absolute atomic E-state index is 13.5. The highest BCUT2D eigenvalue weighted by molar-refractivity contribution is 5.46. The Morgan fingerprint density at radius 1 is 1.11 bits per heavy atom. The lowest BCUT2D eigenvalue weighted by molar-refractivity contribution is 0.397. The van der Waals surface area contributed by atoms with Gasteiger partial charge in [0.05, 0.1) is 12.6 Å². The first-order valence-corrected chi connectivity index (χ1v) is 6.15. The van der Waals surface area contributed by atoms with Gasteiger partial charge in [-0.3, -0.25) is 0 Å². The molecule has 2 aromatic carbocycles. The molecule has 2 aromatic rings. The average molecular weight is 259 g/mol. The van der Waals surface area contributed by atoms with Crippen LogP contribution in [0, 0.1) is 12.7 Å². The number of aryl methyl sites for hydroxylation is 1. The average Bonchev–Trinajstić information content (AvgIpc) is 2.39. The van der Waals surface area contributed by atoms with Gasteiger partial charge in [-0.15, -0.1) is 0 Å². The zero-order valence-corrected chi connectivity index (χ0v) is 11.4. The molecule has 0 spiro atoms. The molecular formula is C16H18FNO. The summed E-state index contributed by atoms with van der Waals surface area (Å²) in [5, 5.41) is 0. The van der Waals surface area contributed by atoms with E-state index >= 15 is 0 Å². The van der Waals surface area contributed by atoms with Gasteiger partial charge in [0, 0.05) is 5.56 Å². The van der Waals surface area contributed by atoms with E-state index in [9.17, 15) is 4.39 Å². The van der Waals surface area contributed by atoms with E-state index in [2.05, 4.69) is 0 Å². The molecule has 100 valence electrons. The van der Waals surface area contributed by atoms with E-state index in [1.807, 2.05) is 38.1 Å². The molecule has 0 fully saturated rings. The van der Waals surface area contributed by atoms with Crippen molar-refractivity contribution in [2.45, 2.75) is 19.4 Å². The zero-order chi connectivity index (χ0) is 14.0. The Kier molecular flexibility index (Phi) is 3.58. The van der Waals surface area contributed by atoms with Crippen LogP contribution in [0.25, 0.3) is 0 Å². The summed E-state index contributed by atoms with van der Waals surface area (Å²) in [5.74, 6) is 0.270. The molecular weight excluding hydrogens is 241 g/mol. The minimum atomic E-state index is -0.804. The lowest BCUT2D eigenvalue weighted by atomic mass is 9.84. The summed E-state index contributed by atoms with van der Waals surface area (Å²) < 4.78 is 18.8. The highest BCUT2D eigenvalue weighted by atomic mass is 19.1. The Morgan fingerprint density at radius 3 is 2.32 bits per heavy atom. The predicted octanol–water partition coefficient (Wildman–Crippen LogP) is 3.36. The van der Waals surface area contributed by atoms with E-state index in [1.54, 1.807) is 13.2 Å². The molecule has 0 saturated heterocycles. The fourth-order valence-electron chi connectivity index (χ4n) is 2.14. The van der Waals surface area contributed by atoms with Crippen molar-refractivity contribution in [1.82, 2.24) is 0 Å². The van der Waals surface area contributed by atoms with Gasteiger partial charge < -0.3 is 10.5 Å². The van der Waals surface area contributed by atoms with Crippen molar-refractivity contribution in [3.63, 3.8) is 0 Å². The molecule has 19 heavy (non-hydrogen) atoms. The van der Waals surface area contributed by atoms with Crippen molar-refractivity contribution in [1.29, 1.82) is 0 Å². The minimum absolute atomic E-state index is 0.320. The van der Waals surface area contributed by atoms with E-state index in [0.29, 0.717) is 11.3 Å². The van der Waals surface area contributed by atoms with E-state index in [-0.39, 0.29) is 5.82 Å². The van der Waals surface area contributed by atoms with Gasteiger partial charge in [0.1, 0.15) is 11.6 Å². The molecule has 0 aliphatic carbocycles. The van der Waals surface area contributed by atoms with Crippen molar-refractivity contribution in [3.8, 4) is 5.75 Å². The second kappa shape index (κ2) is 5.02. The van der Waals surface area contributed by atoms with Crippen molar-refractivity contribution < 1.29 is 9.13 Å². The summed E-state index contributed by atoms with van der Waals surface area (Å²) in [6, 6.07) is 12.3. The van der Waals surface area contributed by atoms with Crippen LogP contribution in [0.5, 0.6) is 5.75 Å². The third-order valence-electron chi connectivity index (χ3n) is 3.37. The maximum Gasteiger partial charge on any atom is 0.124 e. The number of methoxy groups -OCH3 is 1. The lowest BCUT2D eigenvalue weighted by Gasteiger charge is -2.28. The second-order valence-corrected chi connectivity index (χ2v) is 4.91. The Bertz CT molecular complexity index is 576. The van der Waals surface area contributed by atoms with E-state index in [4.69, 9.17) is 10.5 Å². The minimum Gasteiger partial charge on any atom is -0.496 e. The van der Waals surface area contributed by atoms with E-state index < -0.39 is 5.54 Å². The molecule has 0 heterocycles. The molecule has 1 unspecified atom stereocenters. The van der Waals surface area contributed by atoms with Crippen molar-refractivity contribution in [2.24, 2.45) is 5.73 Å². The van der Waals surface area contributed by atoms with Crippen LogP contribution in [0.2, 0.25) is 0 Å². The number of hydrogen-bond donors (Lipinski definition) is 1. The molecule has 0 amide bonds. The molecule has 3 heteroatoms. The fourth-order valence-corrected chi connectivity index (χ4v) is 2.14. The topological polar surface area (TPSA) is 35.2 Å². The van der Waals surface area contributed by atoms with E-state index in [0.717, 1.165) is 11.1 Å². The van der Waals surface area contributed by atoms with Crippen LogP contribution in [0.3, 0.4) is 0 Å². The highest BCUT2D eigenvalue weighted by Crippen LogP contribution is 2.33. The van der Waals surface area contributed by atoms with Crippen LogP contribution in [0.1, 0.15) is 23.6 Å². The Morgan fingerprint density at radius 2 is 1.74 bits per heavy atom. The van der Waals surface area contributed by atoms with Crippen molar-refractivity contribution in [3.05, 3.63) is 65.0 Å². The molecule has 2 N–H and O–H groups in total. The number of ether oxygens (including phenoxy) is 1. The second-order valence-electron chi connectivity index (χ2n) is 4.91. The predicted molar refractivity (Wildman–Crippen MR) is 74.8 cm³/mol. The van der Waals surface area contributed by atoms with Crippen LogP contribution in [0.15, 0.2) is 42.5 Å². The van der Waals surface area contributed by atoms with Gasteiger partial charge in [-0.2, -0.15) is 0 Å². The van der Waals surface area contributed by atoms with Crippen LogP contribution >= 0.6 is 0 Å². The molecule has 0 aliphatic rings. The van der Waals surface area contributed by atoms with Gasteiger partial charge in [0.15, 0.2) is 0 Å². The van der Waals surface area contributed by atoms with Crippen molar-refractivity contribution in [2.75, 3.05) is 7.11 Å². The monoisotopic (exact) mass is 259 g/mol. The molecule has 0 radical (unpaired) electrons. The third kappa shape index (κ3) is 2.61. The SMILES string of the molecule is COc1ccc(F)cc1C(C)(N)c1ccc(C)cc1. The number of benzene rings is 2. The Balaban J connectivity index is 2.55. The maximum atomic E-state index is 13.5. The Labute approximate surface area is 113 Å². The molecule has 0 aliphatic heterocycles. The lowest BCUT2D eigenvalue weighted by Crippen LogP contribution is -2.34. The quantitative estimate of drug-likeness (QED) is 0.917. The molecule has 1 atom stereocenters. The first kappa shape index (κ1) is 13.6. The van der Waals surface area contributed by atoms with Gasteiger partial charge in [0.25, 0.3) is 0 Å². The molecule has 0 bridgehead atoms. The number of nitrogens with two attached hydrogens (primary N) is 1. The standard InChI is InChI=1S/C16H18FNO/c1-11-4-6-12(7-5-11)16(2,18)14-10-13(17)8-9-15(14)19-3/h4-10H,18H2,1-3H3. The highest BCUT2D eigenvalue weighted by Gasteiger charge is 2.27. The summed E-state index contributed by atoms with van der Waals surface area (Å²) in [5.41, 5.74) is 8.32. The third-order valence-corrected chi connectivity index (χ3v) is 3.37. The first-order valence-electron chi connectivity index (χ1n) is 6.15. The van der Waals surface area contributed by atoms with Gasteiger partial charge in [-0.1, -0.05) is 29.8 Å². The summed E-state index contributed by atoms with van der Waals surface area (Å²) >= 11 is 0. The van der Waals surface area contributed by atoms with Gasteiger partial charge in [-0.05, 0) is 37.6 Å². The summed E-state index contributed by atoms with van der Waals surface area (Å²) in [4.78, 5) is 0. The zero-order valence-electron chi connectivity index (χ0n) is 11.4. The van der Waals surface area contributed by atoms with E-state index in [1.165, 1.54) is 12.1 Å². The molecule has 2 rings (SSSR count). The van der Waals surface area contributed by atoms with Crippen LogP contribution in [-0.4, -0.2) is 7.11 Å². The van der Waals surface area contributed by atoms with Crippen LogP contribution in [-0.2, 0) is 5.54 Å². The number of rotatable bonds is 3. The van der Waals surface area contributed by atoms with Crippen LogP contribution < -0.4 is 10.5 Å². The molecule has 0 saturated carbocycles. The number of hydrogen-bond acceptors (Lipinski definition) is 2. The largest absolute Gasteiger partial charge is 0.496 e. The number of halogens is 1. The van der Waals surface area contributed by atoms with Gasteiger partial charge >= 0.3 is 0 Å². The first-order chi connectivity index (χ1) is 8.95. The van der Waals surface area contributed by atoms with Crippen LogP contribution in [0.4, 0.5) is 4.39 Å². The molecule has 2 nitrogen and oxygen atoms in total. The normalized spacial score (nSPS) is 13.9. The summed E-state index contributed by atoms with van der Waals surface area (Å²) in [7, 11) is 1.56.